The molecule has 0 radical (unpaired) electrons. The normalized spacial score (nSPS) is 11.0. The summed E-state index contributed by atoms with van der Waals surface area (Å²) in [4.78, 5) is 3.80. The van der Waals surface area contributed by atoms with E-state index in [1.807, 2.05) is 0 Å². The zero-order valence-electron chi connectivity index (χ0n) is 9.07. The van der Waals surface area contributed by atoms with E-state index in [1.165, 1.54) is 18.5 Å². The maximum Gasteiger partial charge on any atom is 0.416 e. The lowest BCUT2D eigenvalue weighted by Gasteiger charge is -2.09. The van der Waals surface area contributed by atoms with Crippen LogP contribution >= 0.6 is 0 Å². The monoisotopic (exact) mass is 248 g/mol. The van der Waals surface area contributed by atoms with Gasteiger partial charge in [0.2, 0.25) is 0 Å². The van der Waals surface area contributed by atoms with Crippen LogP contribution in [0.3, 0.4) is 0 Å². The average molecular weight is 248 g/mol. The molecule has 0 saturated carbocycles. The van der Waals surface area contributed by atoms with Crippen LogP contribution in [0, 0.1) is 11.3 Å². The fourth-order valence-electron chi connectivity index (χ4n) is 1.57. The summed E-state index contributed by atoms with van der Waals surface area (Å²) in [5.74, 6) is 0. The van der Waals surface area contributed by atoms with Gasteiger partial charge in [0.15, 0.2) is 0 Å². The van der Waals surface area contributed by atoms with E-state index in [-0.39, 0.29) is 5.56 Å². The first-order chi connectivity index (χ1) is 8.50. The second-order valence-corrected chi connectivity index (χ2v) is 3.64. The molecule has 0 N–H and O–H groups in total. The minimum atomic E-state index is -4.46. The van der Waals surface area contributed by atoms with Crippen LogP contribution < -0.4 is 0 Å². The molecule has 90 valence electrons. The van der Waals surface area contributed by atoms with Gasteiger partial charge < -0.3 is 0 Å². The number of alkyl halides is 3. The van der Waals surface area contributed by atoms with Gasteiger partial charge in [-0.3, -0.25) is 4.98 Å². The highest BCUT2D eigenvalue weighted by atomic mass is 19.4. The number of nitriles is 1. The predicted molar refractivity (Wildman–Crippen MR) is 59.4 cm³/mol. The Morgan fingerprint density at radius 1 is 1.00 bits per heavy atom. The molecule has 0 aliphatic rings. The molecular formula is C13H7F3N2. The first-order valence-corrected chi connectivity index (χ1v) is 5.03. The second-order valence-electron chi connectivity index (χ2n) is 3.64. The number of benzene rings is 1. The first kappa shape index (κ1) is 12.1. The summed E-state index contributed by atoms with van der Waals surface area (Å²) in [5, 5.41) is 8.77. The Kier molecular flexibility index (Phi) is 3.02. The smallest absolute Gasteiger partial charge is 0.265 e. The Morgan fingerprint density at radius 3 is 2.22 bits per heavy atom. The topological polar surface area (TPSA) is 36.7 Å². The molecule has 18 heavy (non-hydrogen) atoms. The van der Waals surface area contributed by atoms with Crippen molar-refractivity contribution in [2.75, 3.05) is 0 Å². The summed E-state index contributed by atoms with van der Waals surface area (Å²) in [6, 6.07) is 8.20. The van der Waals surface area contributed by atoms with E-state index in [0.29, 0.717) is 11.1 Å². The van der Waals surface area contributed by atoms with Crippen LogP contribution in [0.25, 0.3) is 11.1 Å². The molecule has 0 bridgehead atoms. The van der Waals surface area contributed by atoms with Crippen molar-refractivity contribution in [1.29, 1.82) is 5.26 Å². The zero-order valence-corrected chi connectivity index (χ0v) is 9.07. The number of hydrogen-bond acceptors (Lipinski definition) is 2. The van der Waals surface area contributed by atoms with Crippen LogP contribution in [0.15, 0.2) is 42.7 Å². The van der Waals surface area contributed by atoms with E-state index >= 15 is 0 Å². The molecule has 1 aromatic heterocycles. The van der Waals surface area contributed by atoms with E-state index in [0.717, 1.165) is 12.1 Å². The van der Waals surface area contributed by atoms with Crippen molar-refractivity contribution < 1.29 is 13.2 Å². The van der Waals surface area contributed by atoms with Crippen molar-refractivity contribution in [3.8, 4) is 17.2 Å². The molecule has 2 nitrogen and oxygen atoms in total. The lowest BCUT2D eigenvalue weighted by Crippen LogP contribution is -2.05. The predicted octanol–water partition coefficient (Wildman–Crippen LogP) is 3.64. The van der Waals surface area contributed by atoms with Gasteiger partial charge in [-0.15, -0.1) is 0 Å². The van der Waals surface area contributed by atoms with Crippen molar-refractivity contribution in [1.82, 2.24) is 4.98 Å². The van der Waals surface area contributed by atoms with Crippen LogP contribution in [-0.2, 0) is 6.18 Å². The van der Waals surface area contributed by atoms with Crippen LogP contribution in [0.4, 0.5) is 13.2 Å². The highest BCUT2D eigenvalue weighted by Gasteiger charge is 2.31. The van der Waals surface area contributed by atoms with Gasteiger partial charge in [0.1, 0.15) is 0 Å². The third-order valence-electron chi connectivity index (χ3n) is 2.40. The summed E-state index contributed by atoms with van der Waals surface area (Å²) < 4.78 is 38.0. The molecule has 0 fully saturated rings. The Labute approximate surface area is 101 Å². The van der Waals surface area contributed by atoms with E-state index in [2.05, 4.69) is 4.98 Å². The van der Waals surface area contributed by atoms with Gasteiger partial charge >= 0.3 is 6.18 Å². The number of rotatable bonds is 1. The van der Waals surface area contributed by atoms with Crippen molar-refractivity contribution in [3.63, 3.8) is 0 Å². The molecule has 5 heteroatoms. The van der Waals surface area contributed by atoms with Crippen molar-refractivity contribution >= 4 is 0 Å². The molecule has 0 atom stereocenters. The number of pyridine rings is 1. The SMILES string of the molecule is N#Cc1cc(-c2ccncc2)cc(C(F)(F)F)c1. The molecule has 0 spiro atoms. The summed E-state index contributed by atoms with van der Waals surface area (Å²) in [6.07, 6.45) is -1.49. The lowest BCUT2D eigenvalue weighted by molar-refractivity contribution is -0.137. The first-order valence-electron chi connectivity index (χ1n) is 5.03. The number of hydrogen-bond donors (Lipinski definition) is 0. The van der Waals surface area contributed by atoms with Crippen LogP contribution in [0.2, 0.25) is 0 Å². The van der Waals surface area contributed by atoms with E-state index in [1.54, 1.807) is 18.2 Å². The fraction of sp³-hybridized carbons (Fsp3) is 0.0769. The lowest BCUT2D eigenvalue weighted by atomic mass is 10.0. The molecule has 0 unspecified atom stereocenters. The zero-order chi connectivity index (χ0) is 13.2. The summed E-state index contributed by atoms with van der Waals surface area (Å²) in [6.45, 7) is 0. The van der Waals surface area contributed by atoms with Gasteiger partial charge in [0, 0.05) is 12.4 Å². The van der Waals surface area contributed by atoms with Gasteiger partial charge in [-0.05, 0) is 41.5 Å². The van der Waals surface area contributed by atoms with Crippen molar-refractivity contribution in [3.05, 3.63) is 53.9 Å². The van der Waals surface area contributed by atoms with E-state index in [9.17, 15) is 13.2 Å². The average Bonchev–Trinajstić information content (AvgIpc) is 2.38. The highest BCUT2D eigenvalue weighted by molar-refractivity contribution is 5.66. The van der Waals surface area contributed by atoms with Gasteiger partial charge in [-0.1, -0.05) is 0 Å². The van der Waals surface area contributed by atoms with Crippen molar-refractivity contribution in [2.24, 2.45) is 0 Å². The summed E-state index contributed by atoms with van der Waals surface area (Å²) in [7, 11) is 0. The minimum absolute atomic E-state index is 0.0170. The largest absolute Gasteiger partial charge is 0.416 e. The van der Waals surface area contributed by atoms with Crippen molar-refractivity contribution in [2.45, 2.75) is 6.18 Å². The van der Waals surface area contributed by atoms with Gasteiger partial charge in [-0.25, -0.2) is 0 Å². The molecule has 0 saturated heterocycles. The molecule has 1 aromatic carbocycles. The molecule has 0 amide bonds. The molecule has 1 heterocycles. The summed E-state index contributed by atoms with van der Waals surface area (Å²) >= 11 is 0. The number of halogens is 3. The Hall–Kier alpha value is -2.35. The third-order valence-corrected chi connectivity index (χ3v) is 2.40. The van der Waals surface area contributed by atoms with Gasteiger partial charge in [0.25, 0.3) is 0 Å². The van der Waals surface area contributed by atoms with E-state index < -0.39 is 11.7 Å². The molecule has 2 rings (SSSR count). The molecule has 0 aliphatic carbocycles. The second kappa shape index (κ2) is 4.49. The number of nitrogens with zero attached hydrogens (tertiary/aromatic N) is 2. The maximum absolute atomic E-state index is 12.7. The molecular weight excluding hydrogens is 241 g/mol. The Morgan fingerprint density at radius 2 is 1.67 bits per heavy atom. The number of aromatic nitrogens is 1. The fourth-order valence-corrected chi connectivity index (χ4v) is 1.57. The summed E-state index contributed by atoms with van der Waals surface area (Å²) in [5.41, 5.74) is 0.0985. The maximum atomic E-state index is 12.7. The Bertz CT molecular complexity index is 598. The quantitative estimate of drug-likeness (QED) is 0.772. The Balaban J connectivity index is 2.60. The van der Waals surface area contributed by atoms with Crippen LogP contribution in [0.5, 0.6) is 0 Å². The standard InChI is InChI=1S/C13H7F3N2/c14-13(15,16)12-6-9(8-17)5-11(7-12)10-1-3-18-4-2-10/h1-7H. The van der Waals surface area contributed by atoms with Crippen LogP contribution in [-0.4, -0.2) is 4.98 Å². The molecule has 2 aromatic rings. The van der Waals surface area contributed by atoms with Gasteiger partial charge in [-0.2, -0.15) is 18.4 Å². The minimum Gasteiger partial charge on any atom is -0.265 e. The third kappa shape index (κ3) is 2.48. The van der Waals surface area contributed by atoms with Crippen LogP contribution in [0.1, 0.15) is 11.1 Å². The molecule has 0 aliphatic heterocycles. The van der Waals surface area contributed by atoms with E-state index in [4.69, 9.17) is 5.26 Å². The van der Waals surface area contributed by atoms with Gasteiger partial charge in [0.05, 0.1) is 17.2 Å². The highest BCUT2D eigenvalue weighted by Crippen LogP contribution is 2.33.